The molecule has 2 N–H and O–H groups in total. The fourth-order valence-corrected chi connectivity index (χ4v) is 2.51. The largest absolute Gasteiger partial charge is 0.378 e. The van der Waals surface area contributed by atoms with Crippen LogP contribution >= 0.6 is 0 Å². The maximum atomic E-state index is 6.00. The lowest BCUT2D eigenvalue weighted by atomic mass is 9.96. The van der Waals surface area contributed by atoms with Gasteiger partial charge in [-0.3, -0.25) is 0 Å². The molecule has 0 saturated carbocycles. The van der Waals surface area contributed by atoms with Crippen LogP contribution < -0.4 is 5.73 Å². The first-order valence-corrected chi connectivity index (χ1v) is 7.75. The molecule has 1 rings (SSSR count). The van der Waals surface area contributed by atoms with E-state index in [4.69, 9.17) is 15.2 Å². The quantitative estimate of drug-likeness (QED) is 0.611. The van der Waals surface area contributed by atoms with Gasteiger partial charge in [0.05, 0.1) is 6.61 Å². The van der Waals surface area contributed by atoms with Gasteiger partial charge in [0.1, 0.15) is 5.60 Å². The van der Waals surface area contributed by atoms with Crippen molar-refractivity contribution in [2.75, 3.05) is 26.4 Å². The highest BCUT2D eigenvalue weighted by atomic mass is 16.5. The molecule has 0 spiro atoms. The first-order valence-electron chi connectivity index (χ1n) is 7.75. The zero-order valence-electron chi connectivity index (χ0n) is 12.1. The van der Waals surface area contributed by atoms with Crippen LogP contribution in [0.1, 0.15) is 64.7 Å². The minimum atomic E-state index is -0.180. The molecule has 0 aromatic carbocycles. The Morgan fingerprint density at radius 2 is 1.83 bits per heavy atom. The Balaban J connectivity index is 1.98. The topological polar surface area (TPSA) is 44.5 Å². The molecule has 1 atom stereocenters. The zero-order valence-corrected chi connectivity index (χ0v) is 12.1. The molecule has 1 aliphatic heterocycles. The van der Waals surface area contributed by atoms with Crippen molar-refractivity contribution in [3.63, 3.8) is 0 Å². The molecule has 1 heterocycles. The van der Waals surface area contributed by atoms with Crippen LogP contribution in [0.15, 0.2) is 0 Å². The van der Waals surface area contributed by atoms with E-state index >= 15 is 0 Å². The normalized spacial score (nSPS) is 24.3. The van der Waals surface area contributed by atoms with Gasteiger partial charge in [-0.15, -0.1) is 0 Å². The van der Waals surface area contributed by atoms with Crippen molar-refractivity contribution in [1.82, 2.24) is 0 Å². The molecule has 0 bridgehead atoms. The van der Waals surface area contributed by atoms with Crippen LogP contribution in [0.3, 0.4) is 0 Å². The molecule has 0 aliphatic carbocycles. The highest BCUT2D eigenvalue weighted by molar-refractivity contribution is 4.84. The number of hydrogen-bond acceptors (Lipinski definition) is 3. The average Bonchev–Trinajstić information content (AvgIpc) is 2.43. The number of rotatable bonds is 10. The minimum absolute atomic E-state index is 0.180. The lowest BCUT2D eigenvalue weighted by molar-refractivity contribution is -0.123. The van der Waals surface area contributed by atoms with Crippen LogP contribution in [0.25, 0.3) is 0 Å². The lowest BCUT2D eigenvalue weighted by Crippen LogP contribution is -2.48. The predicted molar refractivity (Wildman–Crippen MR) is 75.8 cm³/mol. The second kappa shape index (κ2) is 9.76. The molecular weight excluding hydrogens is 226 g/mol. The SMILES string of the molecule is CCCCCCCCCOC1(CN)CCCOC1. The summed E-state index contributed by atoms with van der Waals surface area (Å²) in [6.45, 7) is 5.23. The molecule has 1 unspecified atom stereocenters. The maximum Gasteiger partial charge on any atom is 0.104 e. The summed E-state index contributed by atoms with van der Waals surface area (Å²) in [5.41, 5.74) is 5.65. The fourth-order valence-electron chi connectivity index (χ4n) is 2.51. The summed E-state index contributed by atoms with van der Waals surface area (Å²) in [7, 11) is 0. The van der Waals surface area contributed by atoms with Gasteiger partial charge >= 0.3 is 0 Å². The van der Waals surface area contributed by atoms with Crippen LogP contribution in [0, 0.1) is 0 Å². The van der Waals surface area contributed by atoms with Crippen molar-refractivity contribution in [3.05, 3.63) is 0 Å². The van der Waals surface area contributed by atoms with Crippen molar-refractivity contribution < 1.29 is 9.47 Å². The van der Waals surface area contributed by atoms with Crippen LogP contribution in [0.4, 0.5) is 0 Å². The summed E-state index contributed by atoms with van der Waals surface area (Å²) in [4.78, 5) is 0. The van der Waals surface area contributed by atoms with Gasteiger partial charge < -0.3 is 15.2 Å². The Morgan fingerprint density at radius 3 is 2.44 bits per heavy atom. The first-order chi connectivity index (χ1) is 8.83. The molecule has 0 aromatic heterocycles. The molecule has 1 fully saturated rings. The maximum absolute atomic E-state index is 6.00. The van der Waals surface area contributed by atoms with E-state index in [0.717, 1.165) is 32.5 Å². The van der Waals surface area contributed by atoms with Crippen molar-refractivity contribution in [3.8, 4) is 0 Å². The van der Waals surface area contributed by atoms with Gasteiger partial charge in [-0.1, -0.05) is 45.4 Å². The fraction of sp³-hybridized carbons (Fsp3) is 1.00. The van der Waals surface area contributed by atoms with E-state index in [1.165, 1.54) is 38.5 Å². The van der Waals surface area contributed by atoms with E-state index in [0.29, 0.717) is 13.2 Å². The van der Waals surface area contributed by atoms with Crippen LogP contribution in [-0.2, 0) is 9.47 Å². The van der Waals surface area contributed by atoms with Crippen LogP contribution in [-0.4, -0.2) is 32.0 Å². The molecule has 0 aromatic rings. The Bertz CT molecular complexity index is 191. The monoisotopic (exact) mass is 257 g/mol. The molecule has 108 valence electrons. The van der Waals surface area contributed by atoms with Gasteiger partial charge in [0.2, 0.25) is 0 Å². The van der Waals surface area contributed by atoms with Gasteiger partial charge in [-0.2, -0.15) is 0 Å². The molecule has 1 aliphatic rings. The van der Waals surface area contributed by atoms with Crippen molar-refractivity contribution >= 4 is 0 Å². The second-order valence-corrected chi connectivity index (χ2v) is 5.51. The Kier molecular flexibility index (Phi) is 8.64. The summed E-state index contributed by atoms with van der Waals surface area (Å²) in [5, 5.41) is 0. The molecule has 1 saturated heterocycles. The molecule has 3 nitrogen and oxygen atoms in total. The lowest BCUT2D eigenvalue weighted by Gasteiger charge is -2.35. The van der Waals surface area contributed by atoms with E-state index < -0.39 is 0 Å². The summed E-state index contributed by atoms with van der Waals surface area (Å²) < 4.78 is 11.5. The van der Waals surface area contributed by atoms with Crippen molar-refractivity contribution in [2.45, 2.75) is 70.3 Å². The van der Waals surface area contributed by atoms with E-state index in [1.54, 1.807) is 0 Å². The first kappa shape index (κ1) is 15.9. The van der Waals surface area contributed by atoms with Crippen molar-refractivity contribution in [2.24, 2.45) is 5.73 Å². The summed E-state index contributed by atoms with van der Waals surface area (Å²) in [5.74, 6) is 0. The third-order valence-corrected chi connectivity index (χ3v) is 3.81. The minimum Gasteiger partial charge on any atom is -0.378 e. The van der Waals surface area contributed by atoms with Crippen molar-refractivity contribution in [1.29, 1.82) is 0 Å². The molecular formula is C15H31NO2. The standard InChI is InChI=1S/C15H31NO2/c1-2-3-4-5-6-7-8-12-18-15(13-16)10-9-11-17-14-15/h2-14,16H2,1H3. The zero-order chi connectivity index (χ0) is 13.1. The van der Waals surface area contributed by atoms with E-state index in [1.807, 2.05) is 0 Å². The van der Waals surface area contributed by atoms with Gasteiger partial charge in [0, 0.05) is 19.8 Å². The highest BCUT2D eigenvalue weighted by Crippen LogP contribution is 2.22. The van der Waals surface area contributed by atoms with Gasteiger partial charge in [-0.05, 0) is 19.3 Å². The van der Waals surface area contributed by atoms with Crippen LogP contribution in [0.5, 0.6) is 0 Å². The summed E-state index contributed by atoms with van der Waals surface area (Å²) in [6.07, 6.45) is 11.4. The van der Waals surface area contributed by atoms with E-state index in [9.17, 15) is 0 Å². The smallest absolute Gasteiger partial charge is 0.104 e. The number of ether oxygens (including phenoxy) is 2. The number of nitrogens with two attached hydrogens (primary N) is 1. The highest BCUT2D eigenvalue weighted by Gasteiger charge is 2.32. The Hall–Kier alpha value is -0.120. The molecule has 3 heteroatoms. The molecule has 0 amide bonds. The average molecular weight is 257 g/mol. The molecule has 0 radical (unpaired) electrons. The number of hydrogen-bond donors (Lipinski definition) is 1. The van der Waals surface area contributed by atoms with Gasteiger partial charge in [0.25, 0.3) is 0 Å². The third-order valence-electron chi connectivity index (χ3n) is 3.81. The summed E-state index contributed by atoms with van der Waals surface area (Å²) in [6, 6.07) is 0. The predicted octanol–water partition coefficient (Wildman–Crippen LogP) is 3.26. The Morgan fingerprint density at radius 1 is 1.11 bits per heavy atom. The Labute approximate surface area is 112 Å². The van der Waals surface area contributed by atoms with Gasteiger partial charge in [-0.25, -0.2) is 0 Å². The van der Waals surface area contributed by atoms with E-state index in [-0.39, 0.29) is 5.60 Å². The summed E-state index contributed by atoms with van der Waals surface area (Å²) >= 11 is 0. The number of unbranched alkanes of at least 4 members (excludes halogenated alkanes) is 6. The second-order valence-electron chi connectivity index (χ2n) is 5.51. The van der Waals surface area contributed by atoms with Gasteiger partial charge in [0.15, 0.2) is 0 Å². The molecule has 18 heavy (non-hydrogen) atoms. The van der Waals surface area contributed by atoms with Crippen LogP contribution in [0.2, 0.25) is 0 Å². The van der Waals surface area contributed by atoms with E-state index in [2.05, 4.69) is 6.92 Å². The third kappa shape index (κ3) is 6.17.